The highest BCUT2D eigenvalue weighted by Gasteiger charge is 2.30. The van der Waals surface area contributed by atoms with E-state index in [-0.39, 0.29) is 18.0 Å². The first-order valence-electron chi connectivity index (χ1n) is 10.7. The molecule has 1 saturated carbocycles. The third-order valence-electron chi connectivity index (χ3n) is 5.42. The molecule has 5 rings (SSSR count). The maximum Gasteiger partial charge on any atom is 0.293 e. The molecule has 2 heterocycles. The molecule has 1 aliphatic rings. The maximum absolute atomic E-state index is 13.3. The highest BCUT2D eigenvalue weighted by molar-refractivity contribution is 5.91. The summed E-state index contributed by atoms with van der Waals surface area (Å²) in [5.74, 6) is 0.708. The monoisotopic (exact) mass is 429 g/mol. The van der Waals surface area contributed by atoms with Crippen LogP contribution in [0.1, 0.15) is 31.4 Å². The van der Waals surface area contributed by atoms with E-state index in [1.165, 1.54) is 4.68 Å². The predicted octanol–water partition coefficient (Wildman–Crippen LogP) is 3.50. The number of para-hydroxylation sites is 1. The average molecular weight is 429 g/mol. The zero-order chi connectivity index (χ0) is 22.1. The van der Waals surface area contributed by atoms with Crippen LogP contribution < -0.4 is 15.6 Å². The lowest BCUT2D eigenvalue weighted by atomic mass is 10.2. The molecule has 8 heteroatoms. The van der Waals surface area contributed by atoms with Crippen molar-refractivity contribution in [3.63, 3.8) is 0 Å². The molecule has 1 N–H and O–H groups in total. The number of carbonyl (C=O) groups is 1. The Morgan fingerprint density at radius 2 is 1.88 bits per heavy atom. The molecule has 2 aromatic carbocycles. The SMILES string of the molecule is CCOc1ccc(NC(=O)Cn2nc(C3CC3)c3cnn(-c4ccccc4)c3c2=O)cc1. The molecule has 0 aliphatic heterocycles. The van der Waals surface area contributed by atoms with Crippen molar-refractivity contribution in [3.05, 3.63) is 76.8 Å². The molecule has 4 aromatic rings. The van der Waals surface area contributed by atoms with Crippen molar-refractivity contribution in [3.8, 4) is 11.4 Å². The van der Waals surface area contributed by atoms with Crippen molar-refractivity contribution in [2.24, 2.45) is 0 Å². The number of rotatable bonds is 7. The number of carbonyl (C=O) groups excluding carboxylic acids is 1. The molecule has 2 aromatic heterocycles. The lowest BCUT2D eigenvalue weighted by Crippen LogP contribution is -2.31. The van der Waals surface area contributed by atoms with Gasteiger partial charge in [-0.3, -0.25) is 9.59 Å². The van der Waals surface area contributed by atoms with Gasteiger partial charge < -0.3 is 10.1 Å². The minimum absolute atomic E-state index is 0.179. The number of nitrogens with one attached hydrogen (secondary N) is 1. The summed E-state index contributed by atoms with van der Waals surface area (Å²) in [4.78, 5) is 26.0. The quantitative estimate of drug-likeness (QED) is 0.486. The van der Waals surface area contributed by atoms with Gasteiger partial charge in [0.25, 0.3) is 5.56 Å². The van der Waals surface area contributed by atoms with Crippen LogP contribution in [0.2, 0.25) is 0 Å². The molecular formula is C24H23N5O3. The zero-order valence-electron chi connectivity index (χ0n) is 17.7. The Kier molecular flexibility index (Phi) is 5.18. The second kappa shape index (κ2) is 8.30. The molecule has 1 fully saturated rings. The van der Waals surface area contributed by atoms with Gasteiger partial charge in [-0.25, -0.2) is 9.36 Å². The summed E-state index contributed by atoms with van der Waals surface area (Å²) in [7, 11) is 0. The summed E-state index contributed by atoms with van der Waals surface area (Å²) in [6.45, 7) is 2.31. The van der Waals surface area contributed by atoms with Gasteiger partial charge >= 0.3 is 0 Å². The van der Waals surface area contributed by atoms with Crippen molar-refractivity contribution in [1.82, 2.24) is 19.6 Å². The Labute approximate surface area is 184 Å². The second-order valence-corrected chi connectivity index (χ2v) is 7.78. The smallest absolute Gasteiger partial charge is 0.293 e. The van der Waals surface area contributed by atoms with Crippen LogP contribution in [0.3, 0.4) is 0 Å². The summed E-state index contributed by atoms with van der Waals surface area (Å²) >= 11 is 0. The fourth-order valence-corrected chi connectivity index (χ4v) is 3.76. The number of benzene rings is 2. The van der Waals surface area contributed by atoms with Crippen LogP contribution >= 0.6 is 0 Å². The highest BCUT2D eigenvalue weighted by atomic mass is 16.5. The molecule has 0 spiro atoms. The van der Waals surface area contributed by atoms with Crippen LogP contribution in [0.4, 0.5) is 5.69 Å². The molecule has 8 nitrogen and oxygen atoms in total. The predicted molar refractivity (Wildman–Crippen MR) is 121 cm³/mol. The van der Waals surface area contributed by atoms with E-state index >= 15 is 0 Å². The minimum Gasteiger partial charge on any atom is -0.494 e. The fourth-order valence-electron chi connectivity index (χ4n) is 3.76. The first kappa shape index (κ1) is 20.0. The Hall–Kier alpha value is -3.94. The van der Waals surface area contributed by atoms with Crippen molar-refractivity contribution in [2.45, 2.75) is 32.2 Å². The molecule has 32 heavy (non-hydrogen) atoms. The summed E-state index contributed by atoms with van der Waals surface area (Å²) in [5, 5.41) is 12.6. The van der Waals surface area contributed by atoms with Crippen LogP contribution in [-0.2, 0) is 11.3 Å². The first-order valence-corrected chi connectivity index (χ1v) is 10.7. The molecular weight excluding hydrogens is 406 g/mol. The van der Waals surface area contributed by atoms with E-state index in [9.17, 15) is 9.59 Å². The first-order chi connectivity index (χ1) is 15.6. The number of amides is 1. The van der Waals surface area contributed by atoms with Gasteiger partial charge in [-0.15, -0.1) is 0 Å². The van der Waals surface area contributed by atoms with E-state index in [0.29, 0.717) is 23.7 Å². The molecule has 0 atom stereocenters. The summed E-state index contributed by atoms with van der Waals surface area (Å²) in [6, 6.07) is 16.6. The van der Waals surface area contributed by atoms with Gasteiger partial charge in [0.2, 0.25) is 5.91 Å². The highest BCUT2D eigenvalue weighted by Crippen LogP contribution is 2.41. The minimum atomic E-state index is -0.340. The maximum atomic E-state index is 13.3. The third kappa shape index (κ3) is 3.87. The number of hydrogen-bond acceptors (Lipinski definition) is 5. The van der Waals surface area contributed by atoms with Crippen molar-refractivity contribution >= 4 is 22.5 Å². The normalized spacial score (nSPS) is 13.3. The van der Waals surface area contributed by atoms with Crippen LogP contribution in [-0.4, -0.2) is 32.1 Å². The second-order valence-electron chi connectivity index (χ2n) is 7.78. The summed E-state index contributed by atoms with van der Waals surface area (Å²) in [6.07, 6.45) is 3.75. The van der Waals surface area contributed by atoms with Crippen LogP contribution in [0.25, 0.3) is 16.6 Å². The van der Waals surface area contributed by atoms with Crippen LogP contribution in [0.5, 0.6) is 5.75 Å². The van der Waals surface area contributed by atoms with E-state index in [1.54, 1.807) is 35.1 Å². The number of nitrogens with zero attached hydrogens (tertiary/aromatic N) is 4. The summed E-state index contributed by atoms with van der Waals surface area (Å²) < 4.78 is 8.31. The Morgan fingerprint density at radius 1 is 1.12 bits per heavy atom. The molecule has 162 valence electrons. The average Bonchev–Trinajstić information content (AvgIpc) is 3.55. The van der Waals surface area contributed by atoms with Crippen molar-refractivity contribution < 1.29 is 9.53 Å². The lowest BCUT2D eigenvalue weighted by molar-refractivity contribution is -0.117. The zero-order valence-corrected chi connectivity index (χ0v) is 17.7. The Balaban J connectivity index is 1.47. The number of anilines is 1. The Bertz CT molecular complexity index is 1320. The lowest BCUT2D eigenvalue weighted by Gasteiger charge is -2.11. The van der Waals surface area contributed by atoms with E-state index in [2.05, 4.69) is 15.5 Å². The van der Waals surface area contributed by atoms with Crippen molar-refractivity contribution in [1.29, 1.82) is 0 Å². The van der Waals surface area contributed by atoms with Gasteiger partial charge in [-0.1, -0.05) is 18.2 Å². The van der Waals surface area contributed by atoms with E-state index < -0.39 is 0 Å². The van der Waals surface area contributed by atoms with Gasteiger partial charge in [0.1, 0.15) is 17.8 Å². The van der Waals surface area contributed by atoms with Crippen LogP contribution in [0, 0.1) is 0 Å². The van der Waals surface area contributed by atoms with Gasteiger partial charge in [-0.05, 0) is 56.2 Å². The molecule has 1 amide bonds. The third-order valence-corrected chi connectivity index (χ3v) is 5.42. The molecule has 1 aliphatic carbocycles. The number of hydrogen-bond donors (Lipinski definition) is 1. The van der Waals surface area contributed by atoms with Crippen LogP contribution in [0.15, 0.2) is 65.6 Å². The summed E-state index contributed by atoms with van der Waals surface area (Å²) in [5.41, 5.74) is 2.35. The van der Waals surface area contributed by atoms with E-state index in [1.807, 2.05) is 37.3 Å². The van der Waals surface area contributed by atoms with Gasteiger partial charge in [-0.2, -0.15) is 10.2 Å². The van der Waals surface area contributed by atoms with Gasteiger partial charge in [0.15, 0.2) is 0 Å². The van der Waals surface area contributed by atoms with E-state index in [0.717, 1.165) is 35.4 Å². The standard InChI is InChI=1S/C24H23N5O3/c1-2-32-19-12-10-17(11-13-19)26-21(30)15-28-24(31)23-20(22(27-28)16-8-9-16)14-25-29(23)18-6-4-3-5-7-18/h3-7,10-14,16H,2,8-9,15H2,1H3,(H,26,30). The number of fused-ring (bicyclic) bond motifs is 1. The number of ether oxygens (including phenoxy) is 1. The fraction of sp³-hybridized carbons (Fsp3) is 0.250. The van der Waals surface area contributed by atoms with Gasteiger partial charge in [0.05, 0.1) is 24.2 Å². The Morgan fingerprint density at radius 3 is 2.56 bits per heavy atom. The topological polar surface area (TPSA) is 91.0 Å². The largest absolute Gasteiger partial charge is 0.494 e. The molecule has 0 bridgehead atoms. The molecule has 0 saturated heterocycles. The molecule has 0 radical (unpaired) electrons. The van der Waals surface area contributed by atoms with Crippen molar-refractivity contribution in [2.75, 3.05) is 11.9 Å². The van der Waals surface area contributed by atoms with E-state index in [4.69, 9.17) is 4.74 Å². The van der Waals surface area contributed by atoms with Gasteiger partial charge in [0, 0.05) is 17.0 Å². The molecule has 0 unspecified atom stereocenters. The number of aromatic nitrogens is 4.